The zero-order valence-corrected chi connectivity index (χ0v) is 17.0. The molecule has 0 unspecified atom stereocenters. The number of nitrogens with one attached hydrogen (secondary N) is 1. The minimum atomic E-state index is -1.58. The van der Waals surface area contributed by atoms with Gasteiger partial charge in [0.25, 0.3) is 0 Å². The molecule has 0 saturated heterocycles. The molecule has 0 bridgehead atoms. The molecule has 0 heterocycles. The fourth-order valence-electron chi connectivity index (χ4n) is 3.57. The van der Waals surface area contributed by atoms with E-state index in [1.807, 2.05) is 30.3 Å². The Kier molecular flexibility index (Phi) is 8.64. The van der Waals surface area contributed by atoms with Crippen LogP contribution in [-0.4, -0.2) is 57.2 Å². The smallest absolute Gasteiger partial charge is 0.411 e. The summed E-state index contributed by atoms with van der Waals surface area (Å²) in [5.74, 6) is -3.53. The maximum atomic E-state index is 12.9. The zero-order chi connectivity index (χ0) is 22.1. The van der Waals surface area contributed by atoms with E-state index in [2.05, 4.69) is 5.32 Å². The fraction of sp³-hybridized carbons (Fsp3) is 0.524. The first-order valence-electron chi connectivity index (χ1n) is 10.0. The van der Waals surface area contributed by atoms with Gasteiger partial charge in [0, 0.05) is 6.04 Å². The van der Waals surface area contributed by atoms with Crippen molar-refractivity contribution in [3.8, 4) is 0 Å². The van der Waals surface area contributed by atoms with Crippen molar-refractivity contribution in [1.82, 2.24) is 10.2 Å². The molecule has 0 aromatic heterocycles. The molecular formula is C21H28N2O7. The Morgan fingerprint density at radius 3 is 2.30 bits per heavy atom. The van der Waals surface area contributed by atoms with Crippen LogP contribution in [0.15, 0.2) is 30.3 Å². The highest BCUT2D eigenvalue weighted by molar-refractivity contribution is 5.90. The van der Waals surface area contributed by atoms with Crippen LogP contribution in [0.5, 0.6) is 0 Å². The van der Waals surface area contributed by atoms with Gasteiger partial charge in [0.1, 0.15) is 18.7 Å². The molecule has 0 aliphatic heterocycles. The van der Waals surface area contributed by atoms with Crippen LogP contribution in [0.4, 0.5) is 4.79 Å². The maximum absolute atomic E-state index is 12.9. The predicted molar refractivity (Wildman–Crippen MR) is 107 cm³/mol. The van der Waals surface area contributed by atoms with E-state index in [0.717, 1.165) is 37.7 Å². The number of carboxylic acid groups (broad SMARTS) is 2. The highest BCUT2D eigenvalue weighted by atomic mass is 16.6. The lowest BCUT2D eigenvalue weighted by Crippen LogP contribution is -2.55. The van der Waals surface area contributed by atoms with E-state index in [4.69, 9.17) is 9.84 Å². The number of hydrogen-bond acceptors (Lipinski definition) is 5. The third-order valence-electron chi connectivity index (χ3n) is 5.17. The molecule has 1 aromatic carbocycles. The van der Waals surface area contributed by atoms with Gasteiger partial charge in [-0.1, -0.05) is 49.6 Å². The van der Waals surface area contributed by atoms with Crippen molar-refractivity contribution < 1.29 is 34.1 Å². The largest absolute Gasteiger partial charge is 0.481 e. The van der Waals surface area contributed by atoms with E-state index in [9.17, 15) is 24.3 Å². The lowest BCUT2D eigenvalue weighted by atomic mass is 9.93. The second-order valence-corrected chi connectivity index (χ2v) is 7.41. The second-order valence-electron chi connectivity index (χ2n) is 7.41. The molecule has 3 N–H and O–H groups in total. The Morgan fingerprint density at radius 1 is 1.10 bits per heavy atom. The summed E-state index contributed by atoms with van der Waals surface area (Å²) in [6.07, 6.45) is 2.90. The monoisotopic (exact) mass is 420 g/mol. The number of hydrogen-bond donors (Lipinski definition) is 3. The van der Waals surface area contributed by atoms with Gasteiger partial charge < -0.3 is 20.3 Å². The number of carbonyl (C=O) groups excluding carboxylic acids is 2. The average molecular weight is 420 g/mol. The van der Waals surface area contributed by atoms with Gasteiger partial charge in [-0.15, -0.1) is 0 Å². The number of carboxylic acids is 2. The van der Waals surface area contributed by atoms with Crippen LogP contribution >= 0.6 is 0 Å². The van der Waals surface area contributed by atoms with Crippen molar-refractivity contribution in [2.24, 2.45) is 0 Å². The van der Waals surface area contributed by atoms with Gasteiger partial charge >= 0.3 is 18.0 Å². The molecule has 9 heteroatoms. The van der Waals surface area contributed by atoms with Crippen LogP contribution in [0.2, 0.25) is 0 Å². The first kappa shape index (κ1) is 23.2. The highest BCUT2D eigenvalue weighted by Crippen LogP contribution is 2.25. The van der Waals surface area contributed by atoms with Crippen LogP contribution in [0, 0.1) is 0 Å². The third-order valence-corrected chi connectivity index (χ3v) is 5.17. The summed E-state index contributed by atoms with van der Waals surface area (Å²) in [5, 5.41) is 20.3. The molecular weight excluding hydrogens is 392 g/mol. The number of nitrogens with zero attached hydrogens (tertiary/aromatic N) is 1. The first-order chi connectivity index (χ1) is 14.3. The molecule has 1 saturated carbocycles. The first-order valence-corrected chi connectivity index (χ1v) is 10.0. The third kappa shape index (κ3) is 6.75. The number of ether oxygens (including phenoxy) is 1. The van der Waals surface area contributed by atoms with Crippen LogP contribution in [0.1, 0.15) is 51.0 Å². The molecule has 2 amide bonds. The van der Waals surface area contributed by atoms with Gasteiger partial charge in [0.2, 0.25) is 5.91 Å². The Labute approximate surface area is 175 Å². The van der Waals surface area contributed by atoms with Crippen LogP contribution < -0.4 is 5.32 Å². The normalized spacial score (nSPS) is 16.2. The van der Waals surface area contributed by atoms with Crippen LogP contribution in [-0.2, 0) is 25.7 Å². The van der Waals surface area contributed by atoms with Crippen LogP contribution in [0.25, 0.3) is 0 Å². The Bertz CT molecular complexity index is 747. The minimum Gasteiger partial charge on any atom is -0.481 e. The summed E-state index contributed by atoms with van der Waals surface area (Å²) >= 11 is 0. The van der Waals surface area contributed by atoms with E-state index < -0.39 is 42.4 Å². The van der Waals surface area contributed by atoms with Gasteiger partial charge in [0.15, 0.2) is 0 Å². The predicted octanol–water partition coefficient (Wildman–Crippen LogP) is 2.39. The van der Waals surface area contributed by atoms with Crippen LogP contribution in [0.3, 0.4) is 0 Å². The number of rotatable bonds is 9. The Hall–Kier alpha value is -3.10. The molecule has 30 heavy (non-hydrogen) atoms. The quantitative estimate of drug-likeness (QED) is 0.558. The molecule has 0 radical (unpaired) electrons. The van der Waals surface area contributed by atoms with Gasteiger partial charge in [-0.3, -0.25) is 14.5 Å². The van der Waals surface area contributed by atoms with Crippen molar-refractivity contribution in [2.75, 3.05) is 0 Å². The average Bonchev–Trinajstić information content (AvgIpc) is 2.73. The maximum Gasteiger partial charge on any atom is 0.411 e. The Morgan fingerprint density at radius 2 is 1.73 bits per heavy atom. The summed E-state index contributed by atoms with van der Waals surface area (Å²) in [7, 11) is 0. The van der Waals surface area contributed by atoms with Crippen molar-refractivity contribution in [3.63, 3.8) is 0 Å². The molecule has 1 aromatic rings. The standard InChI is InChI=1S/C21H28N2O7/c1-14(19(26)22-17(20(27)28)12-18(24)25)23(16-10-6-3-7-11-16)21(29)30-13-15-8-4-2-5-9-15/h2,4-5,8-9,14,16-17H,3,6-7,10-13H2,1H3,(H,22,26)(H,24,25)(H,27,28)/t14-,17-/m0/s1. The fourth-order valence-corrected chi connectivity index (χ4v) is 3.57. The zero-order valence-electron chi connectivity index (χ0n) is 17.0. The molecule has 1 aliphatic rings. The summed E-state index contributed by atoms with van der Waals surface area (Å²) in [5.41, 5.74) is 0.805. The van der Waals surface area contributed by atoms with Crippen molar-refractivity contribution in [1.29, 1.82) is 0 Å². The van der Waals surface area contributed by atoms with E-state index in [1.54, 1.807) is 0 Å². The number of amides is 2. The van der Waals surface area contributed by atoms with E-state index in [-0.39, 0.29) is 12.6 Å². The summed E-state index contributed by atoms with van der Waals surface area (Å²) in [6.45, 7) is 1.54. The van der Waals surface area contributed by atoms with Crippen molar-refractivity contribution >= 4 is 23.9 Å². The van der Waals surface area contributed by atoms with Gasteiger partial charge in [-0.2, -0.15) is 0 Å². The summed E-state index contributed by atoms with van der Waals surface area (Å²) in [4.78, 5) is 49.1. The SMILES string of the molecule is C[C@@H](C(=O)N[C@@H](CC(=O)O)C(=O)O)N(C(=O)OCc1ccccc1)C1CCCCC1. The Balaban J connectivity index is 2.11. The molecule has 9 nitrogen and oxygen atoms in total. The van der Waals surface area contributed by atoms with Gasteiger partial charge in [-0.25, -0.2) is 9.59 Å². The summed E-state index contributed by atoms with van der Waals surface area (Å²) < 4.78 is 5.43. The van der Waals surface area contributed by atoms with Crippen molar-refractivity contribution in [3.05, 3.63) is 35.9 Å². The number of benzene rings is 1. The highest BCUT2D eigenvalue weighted by Gasteiger charge is 2.36. The number of aliphatic carboxylic acids is 2. The second kappa shape index (κ2) is 11.2. The van der Waals surface area contributed by atoms with E-state index >= 15 is 0 Å². The van der Waals surface area contributed by atoms with E-state index in [1.165, 1.54) is 11.8 Å². The molecule has 164 valence electrons. The van der Waals surface area contributed by atoms with Gasteiger partial charge in [0.05, 0.1) is 6.42 Å². The lowest BCUT2D eigenvalue weighted by molar-refractivity contribution is -0.147. The molecule has 2 atom stereocenters. The lowest BCUT2D eigenvalue weighted by Gasteiger charge is -2.37. The minimum absolute atomic E-state index is 0.0496. The van der Waals surface area contributed by atoms with E-state index in [0.29, 0.717) is 0 Å². The van der Waals surface area contributed by atoms with Gasteiger partial charge in [-0.05, 0) is 25.3 Å². The molecule has 2 rings (SSSR count). The topological polar surface area (TPSA) is 133 Å². The molecule has 0 spiro atoms. The molecule has 1 aliphatic carbocycles. The van der Waals surface area contributed by atoms with Crippen molar-refractivity contribution in [2.45, 2.75) is 70.2 Å². The number of carbonyl (C=O) groups is 4. The summed E-state index contributed by atoms with van der Waals surface area (Å²) in [6, 6.07) is 6.35. The molecule has 1 fully saturated rings.